The number of hydrogen-bond donors (Lipinski definition) is 2. The highest BCUT2D eigenvalue weighted by atomic mass is 35.5. The number of aryl methyl sites for hydroxylation is 1. The molecular weight excluding hydrogens is 452 g/mol. The highest BCUT2D eigenvalue weighted by Crippen LogP contribution is 2.51. The smallest absolute Gasteiger partial charge is 0.325 e. The Kier molecular flexibility index (Phi) is 5.50. The van der Waals surface area contributed by atoms with Gasteiger partial charge in [-0.25, -0.2) is 4.90 Å². The topological polar surface area (TPSA) is 86.7 Å². The fourth-order valence-electron chi connectivity index (χ4n) is 5.30. The predicted octanol–water partition coefficient (Wildman–Crippen LogP) is 4.16. The van der Waals surface area contributed by atoms with Crippen LogP contribution in [0.5, 0.6) is 0 Å². The molecular formula is C27H23ClN2O4. The number of aliphatic carboxylic acids is 1. The van der Waals surface area contributed by atoms with Gasteiger partial charge in [0.05, 0.1) is 17.5 Å². The summed E-state index contributed by atoms with van der Waals surface area (Å²) >= 11 is 6.49. The van der Waals surface area contributed by atoms with Gasteiger partial charge in [0.25, 0.3) is 0 Å². The molecule has 3 aromatic carbocycles. The Bertz CT molecular complexity index is 1280. The van der Waals surface area contributed by atoms with Gasteiger partial charge in [0.2, 0.25) is 11.8 Å². The fourth-order valence-corrected chi connectivity index (χ4v) is 5.55. The molecule has 3 aromatic rings. The van der Waals surface area contributed by atoms with Crippen molar-refractivity contribution in [2.24, 2.45) is 11.8 Å². The second-order valence-electron chi connectivity index (χ2n) is 8.93. The minimum absolute atomic E-state index is 0.0477. The number of halogens is 1. The first-order valence-corrected chi connectivity index (χ1v) is 11.5. The van der Waals surface area contributed by atoms with Crippen LogP contribution in [0, 0.1) is 18.8 Å². The van der Waals surface area contributed by atoms with Crippen LogP contribution in [-0.4, -0.2) is 28.4 Å². The molecule has 0 aliphatic carbocycles. The molecule has 34 heavy (non-hydrogen) atoms. The number of benzene rings is 3. The number of nitrogens with one attached hydrogen (secondary N) is 1. The average molecular weight is 475 g/mol. The summed E-state index contributed by atoms with van der Waals surface area (Å²) < 4.78 is 0. The molecule has 6 nitrogen and oxygen atoms in total. The quantitative estimate of drug-likeness (QED) is 0.542. The first kappa shape index (κ1) is 22.3. The molecule has 2 N–H and O–H groups in total. The third kappa shape index (κ3) is 3.42. The Morgan fingerprint density at radius 3 is 2.26 bits per heavy atom. The number of carboxylic acids is 1. The lowest BCUT2D eigenvalue weighted by Crippen LogP contribution is -2.57. The minimum Gasteiger partial charge on any atom is -0.480 e. The van der Waals surface area contributed by atoms with Crippen LogP contribution in [0.3, 0.4) is 0 Å². The first-order valence-electron chi connectivity index (χ1n) is 11.1. The summed E-state index contributed by atoms with van der Waals surface area (Å²) in [4.78, 5) is 41.6. The summed E-state index contributed by atoms with van der Waals surface area (Å²) in [6.45, 7) is 1.92. The summed E-state index contributed by atoms with van der Waals surface area (Å²) in [7, 11) is 0. The number of hydrogen-bond acceptors (Lipinski definition) is 4. The van der Waals surface area contributed by atoms with Crippen LogP contribution in [0.2, 0.25) is 5.02 Å². The van der Waals surface area contributed by atoms with Crippen molar-refractivity contribution >= 4 is 35.1 Å². The molecule has 2 fully saturated rings. The molecule has 172 valence electrons. The van der Waals surface area contributed by atoms with Gasteiger partial charge < -0.3 is 5.11 Å². The van der Waals surface area contributed by atoms with Gasteiger partial charge in [-0.05, 0) is 36.2 Å². The number of anilines is 1. The minimum atomic E-state index is -1.68. The van der Waals surface area contributed by atoms with Gasteiger partial charge in [0.15, 0.2) is 0 Å². The molecule has 4 atom stereocenters. The van der Waals surface area contributed by atoms with E-state index in [1.54, 1.807) is 36.4 Å². The number of carboxylic acid groups (broad SMARTS) is 1. The molecule has 5 rings (SSSR count). The van der Waals surface area contributed by atoms with Crippen molar-refractivity contribution in [1.82, 2.24) is 5.32 Å². The van der Waals surface area contributed by atoms with Crippen LogP contribution in [0.1, 0.15) is 22.7 Å². The summed E-state index contributed by atoms with van der Waals surface area (Å²) in [5, 5.41) is 14.1. The third-order valence-corrected chi connectivity index (χ3v) is 7.24. The number of carbonyl (C=O) groups excluding carboxylic acids is 2. The van der Waals surface area contributed by atoms with Crippen molar-refractivity contribution in [3.8, 4) is 0 Å². The SMILES string of the molecule is Cc1ccc(N2C(=O)[C@H]3[C@@H](C2=O)[C@@](Cc2ccccc2)(C(=O)O)N[C@H]3c2ccccc2Cl)cc1. The van der Waals surface area contributed by atoms with E-state index in [2.05, 4.69) is 5.32 Å². The molecule has 0 unspecified atom stereocenters. The van der Waals surface area contributed by atoms with Crippen LogP contribution in [0.4, 0.5) is 5.69 Å². The van der Waals surface area contributed by atoms with Gasteiger partial charge >= 0.3 is 5.97 Å². The van der Waals surface area contributed by atoms with E-state index in [0.29, 0.717) is 16.3 Å². The summed E-state index contributed by atoms with van der Waals surface area (Å²) in [6, 6.07) is 22.5. The van der Waals surface area contributed by atoms with Gasteiger partial charge in [-0.1, -0.05) is 77.8 Å². The van der Waals surface area contributed by atoms with E-state index in [9.17, 15) is 19.5 Å². The van der Waals surface area contributed by atoms with Gasteiger partial charge in [-0.15, -0.1) is 0 Å². The van der Waals surface area contributed by atoms with Crippen LogP contribution in [0.15, 0.2) is 78.9 Å². The molecule has 2 heterocycles. The Hall–Kier alpha value is -3.48. The number of imide groups is 1. The highest BCUT2D eigenvalue weighted by Gasteiger charge is 2.68. The summed E-state index contributed by atoms with van der Waals surface area (Å²) in [5.41, 5.74) is 1.10. The zero-order valence-electron chi connectivity index (χ0n) is 18.4. The van der Waals surface area contributed by atoms with Crippen molar-refractivity contribution in [3.63, 3.8) is 0 Å². The standard InChI is InChI=1S/C27H23ClN2O4/c1-16-11-13-18(14-12-16)30-24(31)21-22(25(30)32)27(26(33)34,15-17-7-3-2-4-8-17)29-23(21)19-9-5-6-10-20(19)28/h2-14,21-23,29H,15H2,1H3,(H,33,34)/t21-,22-,23-,27-/m0/s1. The van der Waals surface area contributed by atoms with Crippen molar-refractivity contribution in [2.45, 2.75) is 24.9 Å². The van der Waals surface area contributed by atoms with E-state index in [-0.39, 0.29) is 6.42 Å². The first-order chi connectivity index (χ1) is 16.3. The Balaban J connectivity index is 1.67. The molecule has 0 saturated carbocycles. The molecule has 0 radical (unpaired) electrons. The fraction of sp³-hybridized carbons (Fsp3) is 0.222. The van der Waals surface area contributed by atoms with E-state index in [1.807, 2.05) is 49.4 Å². The number of carbonyl (C=O) groups is 3. The maximum atomic E-state index is 13.8. The van der Waals surface area contributed by atoms with Crippen molar-refractivity contribution in [2.75, 3.05) is 4.90 Å². The van der Waals surface area contributed by atoms with E-state index >= 15 is 0 Å². The largest absolute Gasteiger partial charge is 0.480 e. The predicted molar refractivity (Wildman–Crippen MR) is 128 cm³/mol. The summed E-state index contributed by atoms with van der Waals surface area (Å²) in [5.74, 6) is -4.12. The molecule has 0 aromatic heterocycles. The molecule has 0 spiro atoms. The number of amides is 2. The van der Waals surface area contributed by atoms with Gasteiger partial charge in [0.1, 0.15) is 5.54 Å². The number of rotatable bonds is 5. The van der Waals surface area contributed by atoms with E-state index in [1.165, 1.54) is 0 Å². The van der Waals surface area contributed by atoms with E-state index in [0.717, 1.165) is 16.0 Å². The van der Waals surface area contributed by atoms with Crippen LogP contribution in [-0.2, 0) is 20.8 Å². The highest BCUT2D eigenvalue weighted by molar-refractivity contribution is 6.31. The zero-order chi connectivity index (χ0) is 24.0. The Morgan fingerprint density at radius 2 is 1.62 bits per heavy atom. The van der Waals surface area contributed by atoms with Gasteiger partial charge in [-0.2, -0.15) is 0 Å². The molecule has 2 aliphatic rings. The van der Waals surface area contributed by atoms with Crippen LogP contribution < -0.4 is 10.2 Å². The monoisotopic (exact) mass is 474 g/mol. The van der Waals surface area contributed by atoms with Crippen LogP contribution >= 0.6 is 11.6 Å². The normalized spacial score (nSPS) is 26.1. The maximum absolute atomic E-state index is 13.8. The lowest BCUT2D eigenvalue weighted by atomic mass is 9.76. The molecule has 2 saturated heterocycles. The second-order valence-corrected chi connectivity index (χ2v) is 9.34. The average Bonchev–Trinajstić information content (AvgIpc) is 3.30. The lowest BCUT2D eigenvalue weighted by Gasteiger charge is -2.31. The number of nitrogens with zero attached hydrogens (tertiary/aromatic N) is 1. The van der Waals surface area contributed by atoms with Gasteiger partial charge in [0, 0.05) is 17.5 Å². The third-order valence-electron chi connectivity index (χ3n) is 6.89. The Morgan fingerprint density at radius 1 is 0.971 bits per heavy atom. The lowest BCUT2D eigenvalue weighted by molar-refractivity contribution is -0.148. The molecule has 2 aliphatic heterocycles. The maximum Gasteiger partial charge on any atom is 0.325 e. The van der Waals surface area contributed by atoms with Crippen molar-refractivity contribution < 1.29 is 19.5 Å². The zero-order valence-corrected chi connectivity index (χ0v) is 19.2. The Labute approximate surface area is 202 Å². The van der Waals surface area contributed by atoms with Crippen molar-refractivity contribution in [3.05, 3.63) is 101 Å². The van der Waals surface area contributed by atoms with E-state index in [4.69, 9.17) is 11.6 Å². The second kappa shape index (κ2) is 8.38. The molecule has 2 amide bonds. The van der Waals surface area contributed by atoms with E-state index < -0.39 is 41.2 Å². The number of fused-ring (bicyclic) bond motifs is 1. The van der Waals surface area contributed by atoms with Crippen LogP contribution in [0.25, 0.3) is 0 Å². The summed E-state index contributed by atoms with van der Waals surface area (Å²) in [6.07, 6.45) is 0.0477. The van der Waals surface area contributed by atoms with Gasteiger partial charge in [-0.3, -0.25) is 19.7 Å². The molecule has 0 bridgehead atoms. The van der Waals surface area contributed by atoms with Crippen molar-refractivity contribution in [1.29, 1.82) is 0 Å². The molecule has 7 heteroatoms.